The summed E-state index contributed by atoms with van der Waals surface area (Å²) in [6.07, 6.45) is 5.73. The van der Waals surface area contributed by atoms with Crippen LogP contribution in [0, 0.1) is 11.3 Å². The fourth-order valence-corrected chi connectivity index (χ4v) is 3.10. The number of hydrogen-bond donors (Lipinski definition) is 0. The summed E-state index contributed by atoms with van der Waals surface area (Å²) in [7, 11) is 1.30. The lowest BCUT2D eigenvalue weighted by atomic mass is 9.61. The number of hydrogen-bond acceptors (Lipinski definition) is 4. The predicted octanol–water partition coefficient (Wildman–Crippen LogP) is 3.18. The Morgan fingerprint density at radius 1 is 1.50 bits per heavy atom. The first-order valence-corrected chi connectivity index (χ1v) is 7.38. The molecule has 0 fully saturated rings. The molecule has 0 aromatic rings. The fourth-order valence-electron chi connectivity index (χ4n) is 3.10. The topological polar surface area (TPSA) is 60.4 Å². The second kappa shape index (κ2) is 7.34. The Morgan fingerprint density at radius 2 is 2.14 bits per heavy atom. The molecule has 4 nitrogen and oxygen atoms in total. The van der Waals surface area contributed by atoms with Gasteiger partial charge in [0, 0.05) is 5.92 Å². The summed E-state index contributed by atoms with van der Waals surface area (Å²) in [4.78, 5) is 36.0. The average Bonchev–Trinajstić information content (AvgIpc) is 2.49. The van der Waals surface area contributed by atoms with E-state index in [2.05, 4.69) is 6.58 Å². The molecule has 0 aliphatic heterocycles. The summed E-state index contributed by atoms with van der Waals surface area (Å²) < 4.78 is 4.96. The van der Waals surface area contributed by atoms with Crippen molar-refractivity contribution < 1.29 is 19.1 Å². The molecule has 0 heterocycles. The Balaban J connectivity index is 3.30. The molecule has 0 aromatic carbocycles. The molecule has 1 aliphatic carbocycles. The van der Waals surface area contributed by atoms with Crippen LogP contribution in [0.25, 0.3) is 0 Å². The molecular formula is C18H24O4. The highest BCUT2D eigenvalue weighted by atomic mass is 16.5. The number of ether oxygens (including phenoxy) is 1. The molecule has 0 amide bonds. The summed E-state index contributed by atoms with van der Waals surface area (Å²) in [6.45, 7) is 9.20. The molecule has 0 spiro atoms. The minimum absolute atomic E-state index is 0.198. The molecule has 22 heavy (non-hydrogen) atoms. The molecule has 1 aliphatic rings. The molecule has 0 saturated carbocycles. The van der Waals surface area contributed by atoms with Gasteiger partial charge in [0.05, 0.1) is 7.11 Å². The second-order valence-corrected chi connectivity index (χ2v) is 5.92. The van der Waals surface area contributed by atoms with E-state index >= 15 is 0 Å². The molecule has 120 valence electrons. The third kappa shape index (κ3) is 3.26. The first-order valence-electron chi connectivity index (χ1n) is 7.38. The molecule has 1 rings (SSSR count). The van der Waals surface area contributed by atoms with Gasteiger partial charge in [-0.05, 0) is 51.2 Å². The standard InChI is InChI=1S/C18H24O4/c1-12(2)15-9-8-14(4)16(20)18(15,17(21)22-5)10-6-7-13(3)11-19/h7-8,11,15H,1,6,9-10H2,2-5H3/b13-7+/t15-,18+/m0/s1. The number of methoxy groups -OCH3 is 1. The van der Waals surface area contributed by atoms with Crippen LogP contribution in [0.3, 0.4) is 0 Å². The summed E-state index contributed by atoms with van der Waals surface area (Å²) in [5.41, 5.74) is 0.721. The van der Waals surface area contributed by atoms with Crippen molar-refractivity contribution in [2.24, 2.45) is 11.3 Å². The maximum Gasteiger partial charge on any atom is 0.320 e. The predicted molar refractivity (Wildman–Crippen MR) is 85.2 cm³/mol. The highest BCUT2D eigenvalue weighted by molar-refractivity contribution is 6.13. The first kappa shape index (κ1) is 18.1. The number of allylic oxidation sites excluding steroid dienone is 5. The Hall–Kier alpha value is -1.97. The van der Waals surface area contributed by atoms with Crippen molar-refractivity contribution in [3.05, 3.63) is 35.5 Å². The monoisotopic (exact) mass is 304 g/mol. The van der Waals surface area contributed by atoms with Crippen LogP contribution in [0.1, 0.15) is 40.0 Å². The van der Waals surface area contributed by atoms with Crippen LogP contribution in [-0.4, -0.2) is 25.1 Å². The Kier molecular flexibility index (Phi) is 6.03. The number of Topliss-reactive ketones (excluding diaryl/α,β-unsaturated/α-hetero) is 1. The Bertz CT molecular complexity index is 553. The zero-order valence-corrected chi connectivity index (χ0v) is 13.8. The fraction of sp³-hybridized carbons (Fsp3) is 0.500. The van der Waals surface area contributed by atoms with Gasteiger partial charge in [0.25, 0.3) is 0 Å². The largest absolute Gasteiger partial charge is 0.468 e. The average molecular weight is 304 g/mol. The SMILES string of the molecule is C=C(C)[C@@H]1CC=C(C)C(=O)[C@]1(CC/C=C(\C)C=O)C(=O)OC. The molecule has 2 atom stereocenters. The highest BCUT2D eigenvalue weighted by Crippen LogP contribution is 2.46. The lowest BCUT2D eigenvalue weighted by molar-refractivity contribution is -0.161. The van der Waals surface area contributed by atoms with E-state index < -0.39 is 11.4 Å². The van der Waals surface area contributed by atoms with Gasteiger partial charge in [-0.15, -0.1) is 0 Å². The number of carbonyl (C=O) groups is 3. The lowest BCUT2D eigenvalue weighted by Gasteiger charge is -2.40. The molecule has 0 N–H and O–H groups in total. The van der Waals surface area contributed by atoms with Crippen molar-refractivity contribution in [2.75, 3.05) is 7.11 Å². The third-order valence-electron chi connectivity index (χ3n) is 4.35. The molecule has 0 radical (unpaired) electrons. The van der Waals surface area contributed by atoms with Gasteiger partial charge in [0.1, 0.15) is 11.7 Å². The van der Waals surface area contributed by atoms with Crippen LogP contribution in [0.4, 0.5) is 0 Å². The second-order valence-electron chi connectivity index (χ2n) is 5.92. The van der Waals surface area contributed by atoms with Gasteiger partial charge in [-0.2, -0.15) is 0 Å². The molecular weight excluding hydrogens is 280 g/mol. The van der Waals surface area contributed by atoms with Crippen LogP contribution in [0.15, 0.2) is 35.5 Å². The van der Waals surface area contributed by atoms with Crippen molar-refractivity contribution in [3.63, 3.8) is 0 Å². The normalized spacial score (nSPS) is 25.5. The van der Waals surface area contributed by atoms with E-state index in [0.717, 1.165) is 11.9 Å². The maximum atomic E-state index is 12.8. The van der Waals surface area contributed by atoms with Gasteiger partial charge in [0.15, 0.2) is 5.78 Å². The summed E-state index contributed by atoms with van der Waals surface area (Å²) in [6, 6.07) is 0. The van der Waals surface area contributed by atoms with E-state index in [1.54, 1.807) is 19.9 Å². The zero-order valence-electron chi connectivity index (χ0n) is 13.8. The first-order chi connectivity index (χ1) is 10.3. The number of ketones is 1. The van der Waals surface area contributed by atoms with Crippen LogP contribution in [0.2, 0.25) is 0 Å². The summed E-state index contributed by atoms with van der Waals surface area (Å²) in [5, 5.41) is 0. The number of carbonyl (C=O) groups excluding carboxylic acids is 3. The van der Waals surface area contributed by atoms with Crippen LogP contribution in [-0.2, 0) is 19.1 Å². The van der Waals surface area contributed by atoms with Crippen molar-refractivity contribution in [1.29, 1.82) is 0 Å². The van der Waals surface area contributed by atoms with E-state index in [1.807, 2.05) is 13.0 Å². The van der Waals surface area contributed by atoms with E-state index in [9.17, 15) is 14.4 Å². The zero-order chi connectivity index (χ0) is 16.9. The number of esters is 1. The van der Waals surface area contributed by atoms with Crippen molar-refractivity contribution in [1.82, 2.24) is 0 Å². The quantitative estimate of drug-likeness (QED) is 0.249. The Morgan fingerprint density at radius 3 is 2.64 bits per heavy atom. The van der Waals surface area contributed by atoms with Gasteiger partial charge >= 0.3 is 5.97 Å². The van der Waals surface area contributed by atoms with E-state index in [0.29, 0.717) is 30.4 Å². The smallest absolute Gasteiger partial charge is 0.320 e. The number of rotatable bonds is 6. The van der Waals surface area contributed by atoms with Crippen LogP contribution >= 0.6 is 0 Å². The van der Waals surface area contributed by atoms with Gasteiger partial charge < -0.3 is 4.74 Å². The van der Waals surface area contributed by atoms with Gasteiger partial charge in [-0.1, -0.05) is 24.3 Å². The molecule has 4 heteroatoms. The molecule has 0 saturated heterocycles. The van der Waals surface area contributed by atoms with E-state index in [-0.39, 0.29) is 11.7 Å². The third-order valence-corrected chi connectivity index (χ3v) is 4.35. The van der Waals surface area contributed by atoms with Crippen LogP contribution < -0.4 is 0 Å². The van der Waals surface area contributed by atoms with E-state index in [4.69, 9.17) is 4.74 Å². The van der Waals surface area contributed by atoms with Gasteiger partial charge in [-0.25, -0.2) is 0 Å². The number of aldehydes is 1. The minimum atomic E-state index is -1.24. The van der Waals surface area contributed by atoms with Crippen LogP contribution in [0.5, 0.6) is 0 Å². The minimum Gasteiger partial charge on any atom is -0.468 e. The summed E-state index contributed by atoms with van der Waals surface area (Å²) >= 11 is 0. The Labute approximate surface area is 131 Å². The van der Waals surface area contributed by atoms with Gasteiger partial charge in [0.2, 0.25) is 0 Å². The molecule has 0 bridgehead atoms. The van der Waals surface area contributed by atoms with Crippen molar-refractivity contribution in [2.45, 2.75) is 40.0 Å². The van der Waals surface area contributed by atoms with Crippen molar-refractivity contribution >= 4 is 18.0 Å². The highest BCUT2D eigenvalue weighted by Gasteiger charge is 2.54. The maximum absolute atomic E-state index is 12.8. The molecule has 0 unspecified atom stereocenters. The van der Waals surface area contributed by atoms with Gasteiger partial charge in [-0.3, -0.25) is 14.4 Å². The van der Waals surface area contributed by atoms with Crippen molar-refractivity contribution in [3.8, 4) is 0 Å². The summed E-state index contributed by atoms with van der Waals surface area (Å²) in [5.74, 6) is -0.994. The molecule has 0 aromatic heterocycles. The lowest BCUT2D eigenvalue weighted by Crippen LogP contribution is -2.49. The van der Waals surface area contributed by atoms with E-state index in [1.165, 1.54) is 7.11 Å².